The van der Waals surface area contributed by atoms with Gasteiger partial charge in [0.05, 0.1) is 5.75 Å². The summed E-state index contributed by atoms with van der Waals surface area (Å²) in [5, 5.41) is 0.648. The highest BCUT2D eigenvalue weighted by atomic mass is 35.7. The molecule has 0 atom stereocenters. The summed E-state index contributed by atoms with van der Waals surface area (Å²) < 4.78 is 21.7. The molecule has 0 spiro atoms. The van der Waals surface area contributed by atoms with Gasteiger partial charge in [-0.25, -0.2) is 8.42 Å². The van der Waals surface area contributed by atoms with Crippen LogP contribution in [0, 0.1) is 0 Å². The molecule has 5 heteroatoms. The van der Waals surface area contributed by atoms with E-state index in [0.717, 1.165) is 5.56 Å². The zero-order valence-corrected chi connectivity index (χ0v) is 10.2. The van der Waals surface area contributed by atoms with Crippen molar-refractivity contribution in [3.63, 3.8) is 0 Å². The Bertz CT molecular complexity index is 478. The molecule has 1 aliphatic carbocycles. The van der Waals surface area contributed by atoms with Gasteiger partial charge in [-0.3, -0.25) is 0 Å². The molecule has 1 saturated carbocycles. The highest BCUT2D eigenvalue weighted by Gasteiger charge is 2.25. The molecule has 2 rings (SSSR count). The van der Waals surface area contributed by atoms with Gasteiger partial charge >= 0.3 is 0 Å². The van der Waals surface area contributed by atoms with Crippen LogP contribution in [0.2, 0.25) is 5.02 Å². The summed E-state index contributed by atoms with van der Waals surface area (Å²) in [7, 11) is 1.67. The van der Waals surface area contributed by atoms with Crippen LogP contribution in [0.25, 0.3) is 0 Å². The molecule has 82 valence electrons. The lowest BCUT2D eigenvalue weighted by atomic mass is 10.1. The van der Waals surface area contributed by atoms with E-state index in [4.69, 9.17) is 22.3 Å². The van der Waals surface area contributed by atoms with Crippen molar-refractivity contribution < 1.29 is 8.42 Å². The smallest absolute Gasteiger partial charge is 0.212 e. The normalized spacial score (nSPS) is 16.7. The average molecular weight is 265 g/mol. The van der Waals surface area contributed by atoms with Gasteiger partial charge in [-0.2, -0.15) is 0 Å². The average Bonchev–Trinajstić information content (AvgIpc) is 2.84. The van der Waals surface area contributed by atoms with Gasteiger partial charge in [0.1, 0.15) is 0 Å². The fraction of sp³-hybridized carbons (Fsp3) is 0.400. The molecule has 1 fully saturated rings. The molecule has 0 bridgehead atoms. The second-order valence-electron chi connectivity index (χ2n) is 3.81. The molecule has 0 N–H and O–H groups in total. The lowest BCUT2D eigenvalue weighted by molar-refractivity contribution is 0.609. The van der Waals surface area contributed by atoms with Crippen molar-refractivity contribution in [2.75, 3.05) is 0 Å². The summed E-state index contributed by atoms with van der Waals surface area (Å²) in [4.78, 5) is 0. The number of rotatable bonds is 3. The lowest BCUT2D eigenvalue weighted by Gasteiger charge is -2.04. The molecule has 0 radical (unpaired) electrons. The summed E-state index contributed by atoms with van der Waals surface area (Å²) >= 11 is 6.06. The topological polar surface area (TPSA) is 34.1 Å². The third-order valence-corrected chi connectivity index (χ3v) is 3.75. The minimum absolute atomic E-state index is 0.167. The second-order valence-corrected chi connectivity index (χ2v) is 7.00. The molecule has 0 heterocycles. The summed E-state index contributed by atoms with van der Waals surface area (Å²) in [6, 6.07) is 5.37. The van der Waals surface area contributed by atoms with Crippen LogP contribution in [-0.4, -0.2) is 8.42 Å². The van der Waals surface area contributed by atoms with Crippen LogP contribution in [0.3, 0.4) is 0 Å². The predicted octanol–water partition coefficient (Wildman–Crippen LogP) is 3.29. The van der Waals surface area contributed by atoms with Gasteiger partial charge in [-0.1, -0.05) is 23.7 Å². The largest absolute Gasteiger partial charge is 0.236 e. The van der Waals surface area contributed by atoms with Gasteiger partial charge in [0, 0.05) is 15.7 Å². The quantitative estimate of drug-likeness (QED) is 0.786. The third kappa shape index (κ3) is 3.10. The van der Waals surface area contributed by atoms with Gasteiger partial charge in [-0.15, -0.1) is 0 Å². The van der Waals surface area contributed by atoms with Crippen LogP contribution in [0.5, 0.6) is 0 Å². The minimum Gasteiger partial charge on any atom is -0.212 e. The molecular formula is C10H10Cl2O2S. The van der Waals surface area contributed by atoms with Crippen LogP contribution < -0.4 is 0 Å². The van der Waals surface area contributed by atoms with E-state index in [1.54, 1.807) is 12.1 Å². The fourth-order valence-corrected chi connectivity index (χ4v) is 2.90. The predicted molar refractivity (Wildman–Crippen MR) is 61.9 cm³/mol. The molecular weight excluding hydrogens is 255 g/mol. The Morgan fingerprint density at radius 2 is 2.00 bits per heavy atom. The molecule has 1 aliphatic rings. The highest BCUT2D eigenvalue weighted by Crippen LogP contribution is 2.43. The van der Waals surface area contributed by atoms with Crippen molar-refractivity contribution in [1.29, 1.82) is 0 Å². The lowest BCUT2D eigenvalue weighted by Crippen LogP contribution is -1.95. The zero-order valence-electron chi connectivity index (χ0n) is 7.91. The van der Waals surface area contributed by atoms with E-state index in [1.807, 2.05) is 6.07 Å². The van der Waals surface area contributed by atoms with E-state index in [2.05, 4.69) is 0 Å². The maximum absolute atomic E-state index is 10.9. The number of halogens is 2. The molecule has 15 heavy (non-hydrogen) atoms. The summed E-state index contributed by atoms with van der Waals surface area (Å²) in [6.45, 7) is 0. The van der Waals surface area contributed by atoms with Crippen molar-refractivity contribution in [1.82, 2.24) is 0 Å². The molecule has 0 aliphatic heterocycles. The first-order chi connectivity index (χ1) is 6.96. The molecule has 1 aromatic carbocycles. The van der Waals surface area contributed by atoms with E-state index in [9.17, 15) is 8.42 Å². The van der Waals surface area contributed by atoms with E-state index in [-0.39, 0.29) is 5.75 Å². The number of hydrogen-bond acceptors (Lipinski definition) is 2. The Balaban J connectivity index is 2.25. The van der Waals surface area contributed by atoms with Crippen LogP contribution in [-0.2, 0) is 14.8 Å². The van der Waals surface area contributed by atoms with Crippen LogP contribution >= 0.6 is 22.3 Å². The summed E-state index contributed by atoms with van der Waals surface area (Å²) in [5.41, 5.74) is 1.76. The standard InChI is InChI=1S/C10H10Cl2O2S/c11-10-5-7(6-15(12,13)14)1-4-9(10)8-2-3-8/h1,4-5,8H,2-3,6H2. The van der Waals surface area contributed by atoms with Crippen molar-refractivity contribution in [2.45, 2.75) is 24.5 Å². The molecule has 0 aromatic heterocycles. The van der Waals surface area contributed by atoms with E-state index < -0.39 is 9.05 Å². The van der Waals surface area contributed by atoms with Crippen LogP contribution in [0.15, 0.2) is 18.2 Å². The number of benzene rings is 1. The molecule has 1 aromatic rings. The minimum atomic E-state index is -3.50. The Morgan fingerprint density at radius 1 is 1.33 bits per heavy atom. The Kier molecular flexibility index (Phi) is 2.97. The third-order valence-electron chi connectivity index (χ3n) is 2.42. The van der Waals surface area contributed by atoms with Crippen LogP contribution in [0.4, 0.5) is 0 Å². The van der Waals surface area contributed by atoms with Crippen molar-refractivity contribution in [3.05, 3.63) is 34.3 Å². The SMILES string of the molecule is O=S(=O)(Cl)Cc1ccc(C2CC2)c(Cl)c1. The first kappa shape index (κ1) is 11.2. The monoisotopic (exact) mass is 264 g/mol. The first-order valence-electron chi connectivity index (χ1n) is 4.66. The van der Waals surface area contributed by atoms with Gasteiger partial charge in [0.2, 0.25) is 9.05 Å². The highest BCUT2D eigenvalue weighted by molar-refractivity contribution is 8.13. The van der Waals surface area contributed by atoms with Crippen LogP contribution in [0.1, 0.15) is 29.9 Å². The Morgan fingerprint density at radius 3 is 2.47 bits per heavy atom. The zero-order chi connectivity index (χ0) is 11.1. The van der Waals surface area contributed by atoms with Gasteiger partial charge in [0.15, 0.2) is 0 Å². The van der Waals surface area contributed by atoms with Crippen molar-refractivity contribution >= 4 is 31.3 Å². The maximum Gasteiger partial charge on any atom is 0.236 e. The maximum atomic E-state index is 10.9. The van der Waals surface area contributed by atoms with E-state index in [1.165, 1.54) is 12.8 Å². The Hall–Kier alpha value is -0.250. The van der Waals surface area contributed by atoms with Crippen molar-refractivity contribution in [3.8, 4) is 0 Å². The van der Waals surface area contributed by atoms with Gasteiger partial charge < -0.3 is 0 Å². The fourth-order valence-electron chi connectivity index (χ4n) is 1.58. The second kappa shape index (κ2) is 3.96. The van der Waals surface area contributed by atoms with Gasteiger partial charge in [0.25, 0.3) is 0 Å². The molecule has 0 amide bonds. The summed E-state index contributed by atoms with van der Waals surface area (Å²) in [6.07, 6.45) is 2.35. The molecule has 0 unspecified atom stereocenters. The molecule has 2 nitrogen and oxygen atoms in total. The molecule has 0 saturated heterocycles. The van der Waals surface area contributed by atoms with E-state index in [0.29, 0.717) is 16.5 Å². The van der Waals surface area contributed by atoms with Crippen molar-refractivity contribution in [2.24, 2.45) is 0 Å². The summed E-state index contributed by atoms with van der Waals surface area (Å²) in [5.74, 6) is 0.401. The van der Waals surface area contributed by atoms with Gasteiger partial charge in [-0.05, 0) is 36.0 Å². The Labute approximate surface area is 98.6 Å². The first-order valence-corrected chi connectivity index (χ1v) is 7.52. The van der Waals surface area contributed by atoms with E-state index >= 15 is 0 Å². The number of hydrogen-bond donors (Lipinski definition) is 0.